The summed E-state index contributed by atoms with van der Waals surface area (Å²) in [5, 5.41) is 3.62. The number of piperidine rings is 1. The molecule has 1 amide bonds. The summed E-state index contributed by atoms with van der Waals surface area (Å²) in [6.45, 7) is 3.42. The number of rotatable bonds is 8. The summed E-state index contributed by atoms with van der Waals surface area (Å²) in [5.74, 6) is 0.202. The molecule has 2 aromatic carbocycles. The molecule has 1 fully saturated rings. The van der Waals surface area contributed by atoms with Crippen LogP contribution in [0.1, 0.15) is 30.9 Å². The van der Waals surface area contributed by atoms with Crippen LogP contribution < -0.4 is 10.1 Å². The van der Waals surface area contributed by atoms with Crippen molar-refractivity contribution in [2.24, 2.45) is 5.92 Å². The molecule has 1 heterocycles. The van der Waals surface area contributed by atoms with Crippen molar-refractivity contribution in [1.29, 1.82) is 0 Å². The smallest absolute Gasteiger partial charge is 0.223 e. The highest BCUT2D eigenvalue weighted by Gasteiger charge is 2.32. The number of carbonyl (C=O) groups excluding carboxylic acids is 1. The van der Waals surface area contributed by atoms with Gasteiger partial charge in [0, 0.05) is 46.7 Å². The lowest BCUT2D eigenvalue weighted by atomic mass is 9.97. The predicted molar refractivity (Wildman–Crippen MR) is 123 cm³/mol. The lowest BCUT2D eigenvalue weighted by molar-refractivity contribution is -0.126. The number of carbonyl (C=O) groups is 1. The van der Waals surface area contributed by atoms with Crippen LogP contribution >= 0.6 is 23.2 Å². The Labute approximate surface area is 193 Å². The van der Waals surface area contributed by atoms with E-state index in [-0.39, 0.29) is 30.7 Å². The second kappa shape index (κ2) is 10.7. The quantitative estimate of drug-likeness (QED) is 0.607. The van der Waals surface area contributed by atoms with Gasteiger partial charge in [0.1, 0.15) is 5.75 Å². The van der Waals surface area contributed by atoms with Gasteiger partial charge in [-0.2, -0.15) is 0 Å². The molecule has 0 radical (unpaired) electrons. The van der Waals surface area contributed by atoms with E-state index in [4.69, 9.17) is 27.9 Å². The van der Waals surface area contributed by atoms with E-state index < -0.39 is 10.0 Å². The highest BCUT2D eigenvalue weighted by molar-refractivity contribution is 7.88. The molecule has 168 valence electrons. The highest BCUT2D eigenvalue weighted by atomic mass is 35.5. The Hall–Kier alpha value is -1.80. The van der Waals surface area contributed by atoms with Crippen LogP contribution in [0.15, 0.2) is 42.5 Å². The third kappa shape index (κ3) is 6.13. The first-order chi connectivity index (χ1) is 14.8. The zero-order chi connectivity index (χ0) is 22.4. The van der Waals surface area contributed by atoms with E-state index in [9.17, 15) is 13.2 Å². The van der Waals surface area contributed by atoms with Crippen LogP contribution in [0.25, 0.3) is 0 Å². The lowest BCUT2D eigenvalue weighted by Crippen LogP contribution is -2.43. The van der Waals surface area contributed by atoms with Crippen molar-refractivity contribution in [3.8, 4) is 5.75 Å². The maximum atomic E-state index is 12.8. The first kappa shape index (κ1) is 23.9. The Bertz CT molecular complexity index is 1000. The Balaban J connectivity index is 1.55. The van der Waals surface area contributed by atoms with Crippen molar-refractivity contribution in [3.05, 3.63) is 63.6 Å². The van der Waals surface area contributed by atoms with Crippen LogP contribution in [0.3, 0.4) is 0 Å². The fourth-order valence-electron chi connectivity index (χ4n) is 3.61. The summed E-state index contributed by atoms with van der Waals surface area (Å²) in [7, 11) is -3.58. The average molecular weight is 485 g/mol. The van der Waals surface area contributed by atoms with Gasteiger partial charge in [0.25, 0.3) is 0 Å². The molecule has 0 atom stereocenters. The monoisotopic (exact) mass is 484 g/mol. The number of nitrogens with zero attached hydrogens (tertiary/aromatic N) is 1. The van der Waals surface area contributed by atoms with Crippen molar-refractivity contribution in [2.75, 3.05) is 19.7 Å². The van der Waals surface area contributed by atoms with E-state index >= 15 is 0 Å². The Morgan fingerprint density at radius 2 is 1.74 bits per heavy atom. The van der Waals surface area contributed by atoms with Crippen LogP contribution in [0.5, 0.6) is 5.75 Å². The van der Waals surface area contributed by atoms with E-state index in [1.54, 1.807) is 18.2 Å². The highest BCUT2D eigenvalue weighted by Crippen LogP contribution is 2.29. The minimum Gasteiger partial charge on any atom is -0.494 e. The molecule has 0 spiro atoms. The molecule has 31 heavy (non-hydrogen) atoms. The standard InChI is InChI=1S/C22H26Cl2N2O4S/c1-2-30-21-9-4-3-6-17(21)14-25-22(27)16-10-12-26(13-11-16)31(28,29)15-18-19(23)7-5-8-20(18)24/h3-9,16H,2,10-15H2,1H3,(H,25,27). The summed E-state index contributed by atoms with van der Waals surface area (Å²) in [6.07, 6.45) is 0.933. The van der Waals surface area contributed by atoms with Gasteiger partial charge in [0.2, 0.25) is 15.9 Å². The molecule has 0 saturated carbocycles. The van der Waals surface area contributed by atoms with Gasteiger partial charge in [-0.15, -0.1) is 0 Å². The normalized spacial score (nSPS) is 15.6. The number of nitrogens with one attached hydrogen (secondary N) is 1. The van der Waals surface area contributed by atoms with Crippen LogP contribution in [0, 0.1) is 5.92 Å². The second-order valence-electron chi connectivity index (χ2n) is 7.39. The molecule has 3 rings (SSSR count). The van der Waals surface area contributed by atoms with Crippen molar-refractivity contribution in [3.63, 3.8) is 0 Å². The number of para-hydroxylation sites is 1. The molecule has 9 heteroatoms. The molecule has 0 aromatic heterocycles. The number of halogens is 2. The summed E-state index contributed by atoms with van der Waals surface area (Å²) in [6, 6.07) is 12.5. The molecule has 0 aliphatic carbocycles. The number of amides is 1. The molecule has 0 bridgehead atoms. The third-order valence-corrected chi connectivity index (χ3v) is 7.85. The third-order valence-electron chi connectivity index (χ3n) is 5.33. The minimum atomic E-state index is -3.58. The van der Waals surface area contributed by atoms with E-state index in [1.807, 2.05) is 31.2 Å². The molecule has 6 nitrogen and oxygen atoms in total. The molecule has 1 aliphatic rings. The van der Waals surface area contributed by atoms with Gasteiger partial charge in [0.05, 0.1) is 12.4 Å². The van der Waals surface area contributed by atoms with E-state index in [0.29, 0.717) is 41.6 Å². The van der Waals surface area contributed by atoms with Gasteiger partial charge in [-0.1, -0.05) is 47.5 Å². The first-order valence-electron chi connectivity index (χ1n) is 10.2. The number of hydrogen-bond donors (Lipinski definition) is 1. The van der Waals surface area contributed by atoms with E-state index in [1.165, 1.54) is 4.31 Å². The molecular weight excluding hydrogens is 459 g/mol. The summed E-state index contributed by atoms with van der Waals surface area (Å²) in [5.41, 5.74) is 1.31. The first-order valence-corrected chi connectivity index (χ1v) is 12.6. The van der Waals surface area contributed by atoms with Gasteiger partial charge >= 0.3 is 0 Å². The average Bonchev–Trinajstić information content (AvgIpc) is 2.76. The molecule has 1 N–H and O–H groups in total. The van der Waals surface area contributed by atoms with Crippen molar-refractivity contribution in [1.82, 2.24) is 9.62 Å². The van der Waals surface area contributed by atoms with Crippen LogP contribution in [-0.4, -0.2) is 38.3 Å². The zero-order valence-electron chi connectivity index (χ0n) is 17.3. The second-order valence-corrected chi connectivity index (χ2v) is 10.2. The topological polar surface area (TPSA) is 75.7 Å². The van der Waals surface area contributed by atoms with Crippen LogP contribution in [0.2, 0.25) is 10.0 Å². The number of ether oxygens (including phenoxy) is 1. The Morgan fingerprint density at radius 3 is 2.39 bits per heavy atom. The van der Waals surface area contributed by atoms with Gasteiger partial charge in [-0.3, -0.25) is 4.79 Å². The van der Waals surface area contributed by atoms with Gasteiger partial charge in [-0.05, 0) is 38.0 Å². The van der Waals surface area contributed by atoms with Crippen LogP contribution in [-0.2, 0) is 27.1 Å². The fourth-order valence-corrected chi connectivity index (χ4v) is 5.93. The fraction of sp³-hybridized carbons (Fsp3) is 0.409. The predicted octanol–water partition coefficient (Wildman–Crippen LogP) is 4.25. The Kier molecular flexibility index (Phi) is 8.22. The zero-order valence-corrected chi connectivity index (χ0v) is 19.6. The number of sulfonamides is 1. The summed E-state index contributed by atoms with van der Waals surface area (Å²) < 4.78 is 32.7. The number of hydrogen-bond acceptors (Lipinski definition) is 4. The number of benzene rings is 2. The molecule has 2 aromatic rings. The van der Waals surface area contributed by atoms with Gasteiger partial charge in [0.15, 0.2) is 0 Å². The largest absolute Gasteiger partial charge is 0.494 e. The molecular formula is C22H26Cl2N2O4S. The van der Waals surface area contributed by atoms with Gasteiger partial charge < -0.3 is 10.1 Å². The van der Waals surface area contributed by atoms with Gasteiger partial charge in [-0.25, -0.2) is 12.7 Å². The van der Waals surface area contributed by atoms with E-state index in [0.717, 1.165) is 11.3 Å². The summed E-state index contributed by atoms with van der Waals surface area (Å²) in [4.78, 5) is 12.6. The molecule has 1 aliphatic heterocycles. The summed E-state index contributed by atoms with van der Waals surface area (Å²) >= 11 is 12.3. The minimum absolute atomic E-state index is 0.0718. The maximum Gasteiger partial charge on any atom is 0.223 e. The van der Waals surface area contributed by atoms with Crippen LogP contribution in [0.4, 0.5) is 0 Å². The van der Waals surface area contributed by atoms with Crippen molar-refractivity contribution >= 4 is 39.1 Å². The van der Waals surface area contributed by atoms with E-state index in [2.05, 4.69) is 5.32 Å². The van der Waals surface area contributed by atoms with Crippen molar-refractivity contribution in [2.45, 2.75) is 32.1 Å². The Morgan fingerprint density at radius 1 is 1.10 bits per heavy atom. The SMILES string of the molecule is CCOc1ccccc1CNC(=O)C1CCN(S(=O)(=O)Cc2c(Cl)cccc2Cl)CC1. The maximum absolute atomic E-state index is 12.8. The molecule has 0 unspecified atom stereocenters. The molecule has 1 saturated heterocycles. The van der Waals surface area contributed by atoms with Crippen molar-refractivity contribution < 1.29 is 17.9 Å². The lowest BCUT2D eigenvalue weighted by Gasteiger charge is -2.30.